The van der Waals surface area contributed by atoms with E-state index in [9.17, 15) is 9.59 Å². The minimum atomic E-state index is -0.361. The first-order chi connectivity index (χ1) is 11.4. The van der Waals surface area contributed by atoms with Crippen LogP contribution in [0.15, 0.2) is 24.3 Å². The zero-order valence-corrected chi connectivity index (χ0v) is 15.0. The molecule has 2 amide bonds. The summed E-state index contributed by atoms with van der Waals surface area (Å²) in [6.45, 7) is 7.59. The smallest absolute Gasteiger partial charge is 0.225 e. The predicted molar refractivity (Wildman–Crippen MR) is 95.2 cm³/mol. The van der Waals surface area contributed by atoms with Crippen LogP contribution in [0.4, 0.5) is 0 Å². The van der Waals surface area contributed by atoms with Gasteiger partial charge in [-0.3, -0.25) is 9.59 Å². The number of carbonyl (C=O) groups is 2. The number of amides is 2. The van der Waals surface area contributed by atoms with E-state index in [4.69, 9.17) is 5.73 Å². The minimum absolute atomic E-state index is 0.0423. The van der Waals surface area contributed by atoms with Gasteiger partial charge in [0, 0.05) is 31.6 Å². The lowest BCUT2D eigenvalue weighted by molar-refractivity contribution is -0.129. The molecule has 5 nitrogen and oxygen atoms in total. The molecule has 1 aromatic carbocycles. The maximum absolute atomic E-state index is 12.4. The number of carbonyl (C=O) groups excluding carboxylic acids is 2. The summed E-state index contributed by atoms with van der Waals surface area (Å²) in [5, 5.41) is 2.94. The molecule has 0 radical (unpaired) electrons. The molecule has 1 fully saturated rings. The SMILES string of the molecule is CCC(N)(CC)CNC(=O)C1CC(=O)N(Cc2ccc(C)cc2)C1. The van der Waals surface area contributed by atoms with Crippen molar-refractivity contribution in [2.75, 3.05) is 13.1 Å². The van der Waals surface area contributed by atoms with E-state index in [0.717, 1.165) is 18.4 Å². The average Bonchev–Trinajstić information content (AvgIpc) is 2.95. The molecule has 3 N–H and O–H groups in total. The summed E-state index contributed by atoms with van der Waals surface area (Å²) in [5.74, 6) is -0.298. The third-order valence-corrected chi connectivity index (χ3v) is 5.10. The van der Waals surface area contributed by atoms with Gasteiger partial charge in [-0.05, 0) is 25.3 Å². The highest BCUT2D eigenvalue weighted by atomic mass is 16.2. The van der Waals surface area contributed by atoms with Gasteiger partial charge >= 0.3 is 0 Å². The fourth-order valence-electron chi connectivity index (χ4n) is 2.92. The normalized spacial score (nSPS) is 18.1. The Morgan fingerprint density at radius 1 is 1.29 bits per heavy atom. The van der Waals surface area contributed by atoms with Crippen molar-refractivity contribution in [3.8, 4) is 0 Å². The molecule has 0 saturated carbocycles. The third-order valence-electron chi connectivity index (χ3n) is 5.10. The van der Waals surface area contributed by atoms with E-state index in [-0.39, 0.29) is 29.7 Å². The number of nitrogens with one attached hydrogen (secondary N) is 1. The number of nitrogens with zero attached hydrogens (tertiary/aromatic N) is 1. The number of likely N-dealkylation sites (tertiary alicyclic amines) is 1. The number of hydrogen-bond donors (Lipinski definition) is 2. The standard InChI is InChI=1S/C19H29N3O2/c1-4-19(20,5-2)13-21-18(24)16-10-17(23)22(12-16)11-15-8-6-14(3)7-9-15/h6-9,16H,4-5,10-13,20H2,1-3H3,(H,21,24). The van der Waals surface area contributed by atoms with Crippen molar-refractivity contribution in [2.45, 2.75) is 52.1 Å². The molecule has 1 heterocycles. The highest BCUT2D eigenvalue weighted by Crippen LogP contribution is 2.21. The van der Waals surface area contributed by atoms with Crippen molar-refractivity contribution in [3.63, 3.8) is 0 Å². The van der Waals surface area contributed by atoms with Crippen molar-refractivity contribution < 1.29 is 9.59 Å². The Labute approximate surface area is 144 Å². The van der Waals surface area contributed by atoms with E-state index in [1.165, 1.54) is 5.56 Å². The quantitative estimate of drug-likeness (QED) is 0.802. The van der Waals surface area contributed by atoms with Crippen LogP contribution in [0.1, 0.15) is 44.2 Å². The van der Waals surface area contributed by atoms with Gasteiger partial charge < -0.3 is 16.0 Å². The maximum atomic E-state index is 12.4. The van der Waals surface area contributed by atoms with E-state index in [1.807, 2.05) is 45.0 Å². The van der Waals surface area contributed by atoms with Gasteiger partial charge in [0.25, 0.3) is 0 Å². The van der Waals surface area contributed by atoms with E-state index in [1.54, 1.807) is 4.90 Å². The van der Waals surface area contributed by atoms with E-state index in [2.05, 4.69) is 5.32 Å². The number of rotatable bonds is 7. The molecule has 1 aromatic rings. The summed E-state index contributed by atoms with van der Waals surface area (Å²) < 4.78 is 0. The molecule has 1 saturated heterocycles. The van der Waals surface area contributed by atoms with Crippen LogP contribution in [0.2, 0.25) is 0 Å². The minimum Gasteiger partial charge on any atom is -0.354 e. The van der Waals surface area contributed by atoms with Gasteiger partial charge in [0.05, 0.1) is 5.92 Å². The van der Waals surface area contributed by atoms with E-state index >= 15 is 0 Å². The van der Waals surface area contributed by atoms with Crippen molar-refractivity contribution in [1.82, 2.24) is 10.2 Å². The first-order valence-corrected chi connectivity index (χ1v) is 8.77. The van der Waals surface area contributed by atoms with Crippen LogP contribution in [0.25, 0.3) is 0 Å². The zero-order chi connectivity index (χ0) is 17.7. The van der Waals surface area contributed by atoms with Gasteiger partial charge in [-0.1, -0.05) is 43.7 Å². The molecule has 24 heavy (non-hydrogen) atoms. The number of hydrogen-bond acceptors (Lipinski definition) is 3. The molecule has 1 aliphatic heterocycles. The fraction of sp³-hybridized carbons (Fsp3) is 0.579. The van der Waals surface area contributed by atoms with Gasteiger partial charge in [0.2, 0.25) is 11.8 Å². The Morgan fingerprint density at radius 2 is 1.92 bits per heavy atom. The monoisotopic (exact) mass is 331 g/mol. The van der Waals surface area contributed by atoms with Crippen LogP contribution in [0.5, 0.6) is 0 Å². The topological polar surface area (TPSA) is 75.4 Å². The highest BCUT2D eigenvalue weighted by molar-refractivity contribution is 5.89. The fourth-order valence-corrected chi connectivity index (χ4v) is 2.92. The molecule has 1 aliphatic rings. The Morgan fingerprint density at radius 3 is 2.50 bits per heavy atom. The third kappa shape index (κ3) is 4.57. The molecule has 0 spiro atoms. The number of aryl methyl sites for hydroxylation is 1. The van der Waals surface area contributed by atoms with E-state index < -0.39 is 0 Å². The molecule has 132 valence electrons. The van der Waals surface area contributed by atoms with Crippen LogP contribution in [-0.4, -0.2) is 35.3 Å². The van der Waals surface area contributed by atoms with Crippen molar-refractivity contribution >= 4 is 11.8 Å². The van der Waals surface area contributed by atoms with Crippen LogP contribution >= 0.6 is 0 Å². The summed E-state index contributed by atoms with van der Waals surface area (Å²) in [5.41, 5.74) is 8.15. The lowest BCUT2D eigenvalue weighted by Crippen LogP contribution is -2.50. The van der Waals surface area contributed by atoms with Gasteiger partial charge in [0.1, 0.15) is 0 Å². The summed E-state index contributed by atoms with van der Waals surface area (Å²) in [6, 6.07) is 8.13. The molecule has 0 aromatic heterocycles. The second kappa shape index (κ2) is 7.79. The summed E-state index contributed by atoms with van der Waals surface area (Å²) >= 11 is 0. The van der Waals surface area contributed by atoms with E-state index in [0.29, 0.717) is 19.6 Å². The molecule has 2 rings (SSSR count). The number of nitrogens with two attached hydrogens (primary N) is 1. The summed E-state index contributed by atoms with van der Waals surface area (Å²) in [7, 11) is 0. The second-order valence-corrected chi connectivity index (χ2v) is 6.95. The molecule has 1 unspecified atom stereocenters. The van der Waals surface area contributed by atoms with Gasteiger partial charge in [-0.25, -0.2) is 0 Å². The van der Waals surface area contributed by atoms with Gasteiger partial charge in [-0.2, -0.15) is 0 Å². The summed E-state index contributed by atoms with van der Waals surface area (Å²) in [6.07, 6.45) is 1.91. The van der Waals surface area contributed by atoms with Gasteiger partial charge in [0.15, 0.2) is 0 Å². The van der Waals surface area contributed by atoms with Crippen LogP contribution in [-0.2, 0) is 16.1 Å². The largest absolute Gasteiger partial charge is 0.354 e. The van der Waals surface area contributed by atoms with Gasteiger partial charge in [-0.15, -0.1) is 0 Å². The summed E-state index contributed by atoms with van der Waals surface area (Å²) in [4.78, 5) is 26.3. The molecule has 0 bridgehead atoms. The van der Waals surface area contributed by atoms with Crippen LogP contribution < -0.4 is 11.1 Å². The molecular formula is C19H29N3O2. The average molecular weight is 331 g/mol. The van der Waals surface area contributed by atoms with Crippen molar-refractivity contribution in [3.05, 3.63) is 35.4 Å². The maximum Gasteiger partial charge on any atom is 0.225 e. The lowest BCUT2D eigenvalue weighted by atomic mass is 9.94. The molecule has 5 heteroatoms. The Hall–Kier alpha value is -1.88. The Kier molecular flexibility index (Phi) is 5.99. The Balaban J connectivity index is 1.89. The Bertz CT molecular complexity index is 579. The predicted octanol–water partition coefficient (Wildman–Crippen LogP) is 1.98. The molecule has 1 atom stereocenters. The molecule has 0 aliphatic carbocycles. The molecular weight excluding hydrogens is 302 g/mol. The first kappa shape index (κ1) is 18.5. The van der Waals surface area contributed by atoms with Crippen LogP contribution in [0.3, 0.4) is 0 Å². The first-order valence-electron chi connectivity index (χ1n) is 8.77. The van der Waals surface area contributed by atoms with Crippen molar-refractivity contribution in [1.29, 1.82) is 0 Å². The lowest BCUT2D eigenvalue weighted by Gasteiger charge is -2.27. The van der Waals surface area contributed by atoms with Crippen LogP contribution in [0, 0.1) is 12.8 Å². The highest BCUT2D eigenvalue weighted by Gasteiger charge is 2.34. The van der Waals surface area contributed by atoms with Crippen molar-refractivity contribution in [2.24, 2.45) is 11.7 Å². The second-order valence-electron chi connectivity index (χ2n) is 6.95. The number of benzene rings is 1. The zero-order valence-electron chi connectivity index (χ0n) is 15.0.